The van der Waals surface area contributed by atoms with Gasteiger partial charge in [0.2, 0.25) is 6.10 Å². The van der Waals surface area contributed by atoms with E-state index in [9.17, 15) is 26.4 Å². The molecular formula is C8H7F3O5S2. The molecule has 0 aliphatic rings. The van der Waals surface area contributed by atoms with E-state index in [0.717, 1.165) is 11.3 Å². The summed E-state index contributed by atoms with van der Waals surface area (Å²) in [5.74, 6) is -3.03. The summed E-state index contributed by atoms with van der Waals surface area (Å²) in [6.07, 6.45) is -7.98. The fraction of sp³-hybridized carbons (Fsp3) is 0.375. The summed E-state index contributed by atoms with van der Waals surface area (Å²) in [5, 5.41) is 2.70. The molecule has 0 aliphatic carbocycles. The van der Waals surface area contributed by atoms with E-state index < -0.39 is 34.1 Å². The summed E-state index contributed by atoms with van der Waals surface area (Å²) in [4.78, 5) is 11.3. The first-order valence-electron chi connectivity index (χ1n) is 4.34. The van der Waals surface area contributed by atoms with Gasteiger partial charge in [-0.15, -0.1) is 0 Å². The minimum Gasteiger partial charge on any atom is -0.448 e. The molecule has 1 aromatic heterocycles. The summed E-state index contributed by atoms with van der Waals surface area (Å²) in [7, 11) is -4.92. The minimum absolute atomic E-state index is 0.121. The second kappa shape index (κ2) is 5.24. The monoisotopic (exact) mass is 304 g/mol. The van der Waals surface area contributed by atoms with Crippen LogP contribution >= 0.6 is 11.3 Å². The Hall–Kier alpha value is -1.13. The highest BCUT2D eigenvalue weighted by atomic mass is 32.2. The van der Waals surface area contributed by atoms with Gasteiger partial charge in [-0.3, -0.25) is 4.55 Å². The highest BCUT2D eigenvalue weighted by Crippen LogP contribution is 2.25. The minimum atomic E-state index is -5.08. The lowest BCUT2D eigenvalue weighted by molar-refractivity contribution is -0.197. The maximum Gasteiger partial charge on any atom is 0.426 e. The molecule has 10 heteroatoms. The summed E-state index contributed by atoms with van der Waals surface area (Å²) < 4.78 is 70.5. The summed E-state index contributed by atoms with van der Waals surface area (Å²) in [5.41, 5.74) is -0.121. The van der Waals surface area contributed by atoms with E-state index >= 15 is 0 Å². The number of hydrogen-bond acceptors (Lipinski definition) is 5. The third-order valence-electron chi connectivity index (χ3n) is 1.73. The Morgan fingerprint density at radius 2 is 2.11 bits per heavy atom. The zero-order valence-corrected chi connectivity index (χ0v) is 10.2. The van der Waals surface area contributed by atoms with E-state index in [2.05, 4.69) is 4.74 Å². The summed E-state index contributed by atoms with van der Waals surface area (Å²) in [6, 6.07) is 1.23. The van der Waals surface area contributed by atoms with Crippen molar-refractivity contribution in [2.24, 2.45) is 0 Å². The molecule has 0 spiro atoms. The number of esters is 1. The Bertz CT molecular complexity index is 505. The molecule has 0 radical (unpaired) electrons. The number of ether oxygens (including phenoxy) is 1. The lowest BCUT2D eigenvalue weighted by Crippen LogP contribution is -2.39. The third-order valence-corrected chi connectivity index (χ3v) is 3.14. The second-order valence-electron chi connectivity index (χ2n) is 3.20. The Morgan fingerprint density at radius 3 is 2.50 bits per heavy atom. The van der Waals surface area contributed by atoms with E-state index in [1.165, 1.54) is 16.8 Å². The van der Waals surface area contributed by atoms with Gasteiger partial charge in [-0.1, -0.05) is 0 Å². The Balaban J connectivity index is 2.83. The predicted octanol–water partition coefficient (Wildman–Crippen LogP) is 1.72. The standard InChI is InChI=1S/C8H7F3O5S2/c9-8(10,11)6(4-18(13,14)15)16-7(12)5-1-2-17-3-5/h1-3,6H,4H2,(H,13,14,15). The normalized spacial score (nSPS) is 14.2. The maximum atomic E-state index is 12.4. The number of thiophene rings is 1. The van der Waals surface area contributed by atoms with Crippen LogP contribution < -0.4 is 0 Å². The number of hydrogen-bond donors (Lipinski definition) is 1. The van der Waals surface area contributed by atoms with Crippen molar-refractivity contribution in [1.82, 2.24) is 0 Å². The zero-order chi connectivity index (χ0) is 14.0. The number of carbonyl (C=O) groups is 1. The van der Waals surface area contributed by atoms with E-state index in [1.54, 1.807) is 0 Å². The fourth-order valence-electron chi connectivity index (χ4n) is 0.964. The molecular weight excluding hydrogens is 297 g/mol. The largest absolute Gasteiger partial charge is 0.448 e. The maximum absolute atomic E-state index is 12.4. The summed E-state index contributed by atoms with van der Waals surface area (Å²) in [6.45, 7) is 0. The SMILES string of the molecule is O=C(OC(CS(=O)(=O)O)C(F)(F)F)c1ccsc1. The van der Waals surface area contributed by atoms with Crippen molar-refractivity contribution in [3.63, 3.8) is 0 Å². The van der Waals surface area contributed by atoms with Gasteiger partial charge in [0.05, 0.1) is 5.56 Å². The van der Waals surface area contributed by atoms with Crippen molar-refractivity contribution < 1.29 is 35.7 Å². The van der Waals surface area contributed by atoms with Crippen molar-refractivity contribution in [3.8, 4) is 0 Å². The fourth-order valence-corrected chi connectivity index (χ4v) is 2.23. The number of rotatable bonds is 4. The van der Waals surface area contributed by atoms with Crippen LogP contribution in [0.25, 0.3) is 0 Å². The van der Waals surface area contributed by atoms with Gasteiger partial charge in [-0.2, -0.15) is 32.9 Å². The molecule has 0 saturated carbocycles. The van der Waals surface area contributed by atoms with Crippen LogP contribution in [0.3, 0.4) is 0 Å². The average molecular weight is 304 g/mol. The first-order chi connectivity index (χ1) is 8.09. The van der Waals surface area contributed by atoms with Gasteiger partial charge in [-0.05, 0) is 11.4 Å². The van der Waals surface area contributed by atoms with Gasteiger partial charge in [0.1, 0.15) is 5.75 Å². The van der Waals surface area contributed by atoms with E-state index in [4.69, 9.17) is 4.55 Å². The van der Waals surface area contributed by atoms with Crippen LogP contribution in [0.4, 0.5) is 13.2 Å². The van der Waals surface area contributed by atoms with Crippen LogP contribution in [0.2, 0.25) is 0 Å². The van der Waals surface area contributed by atoms with E-state index in [0.29, 0.717) is 0 Å². The van der Waals surface area contributed by atoms with Crippen LogP contribution in [0.5, 0.6) is 0 Å². The predicted molar refractivity (Wildman–Crippen MR) is 56.0 cm³/mol. The first-order valence-corrected chi connectivity index (χ1v) is 6.90. The highest BCUT2D eigenvalue weighted by molar-refractivity contribution is 7.85. The quantitative estimate of drug-likeness (QED) is 0.676. The number of carbonyl (C=O) groups excluding carboxylic acids is 1. The molecule has 0 saturated heterocycles. The Morgan fingerprint density at radius 1 is 1.50 bits per heavy atom. The van der Waals surface area contributed by atoms with E-state index in [-0.39, 0.29) is 5.56 Å². The molecule has 1 rings (SSSR count). The molecule has 1 unspecified atom stereocenters. The molecule has 1 N–H and O–H groups in total. The van der Waals surface area contributed by atoms with Gasteiger partial charge in [0.25, 0.3) is 10.1 Å². The van der Waals surface area contributed by atoms with Gasteiger partial charge in [-0.25, -0.2) is 4.79 Å². The topological polar surface area (TPSA) is 80.7 Å². The Kier molecular flexibility index (Phi) is 4.35. The molecule has 1 atom stereocenters. The van der Waals surface area contributed by atoms with Crippen LogP contribution in [0, 0.1) is 0 Å². The average Bonchev–Trinajstić information content (AvgIpc) is 2.65. The van der Waals surface area contributed by atoms with E-state index in [1.807, 2.05) is 0 Å². The van der Waals surface area contributed by atoms with Crippen molar-refractivity contribution in [2.75, 3.05) is 5.75 Å². The van der Waals surface area contributed by atoms with Crippen LogP contribution in [-0.4, -0.2) is 37.0 Å². The first kappa shape index (κ1) is 14.9. The van der Waals surface area contributed by atoms with Crippen LogP contribution in [-0.2, 0) is 14.9 Å². The molecule has 102 valence electrons. The van der Waals surface area contributed by atoms with Gasteiger partial charge < -0.3 is 4.74 Å². The van der Waals surface area contributed by atoms with Crippen LogP contribution in [0.15, 0.2) is 16.8 Å². The van der Waals surface area contributed by atoms with Gasteiger partial charge >= 0.3 is 12.1 Å². The molecule has 0 amide bonds. The van der Waals surface area contributed by atoms with Crippen molar-refractivity contribution in [2.45, 2.75) is 12.3 Å². The number of alkyl halides is 3. The van der Waals surface area contributed by atoms with Crippen molar-refractivity contribution >= 4 is 27.4 Å². The molecule has 0 aromatic carbocycles. The molecule has 0 aliphatic heterocycles. The number of halogens is 3. The molecule has 1 heterocycles. The highest BCUT2D eigenvalue weighted by Gasteiger charge is 2.45. The molecule has 0 fully saturated rings. The molecule has 0 bridgehead atoms. The zero-order valence-electron chi connectivity index (χ0n) is 8.55. The molecule has 1 aromatic rings. The van der Waals surface area contributed by atoms with Crippen LogP contribution in [0.1, 0.15) is 10.4 Å². The second-order valence-corrected chi connectivity index (χ2v) is 5.47. The third kappa shape index (κ3) is 4.63. The smallest absolute Gasteiger partial charge is 0.426 e. The molecule has 5 nitrogen and oxygen atoms in total. The van der Waals surface area contributed by atoms with Crippen molar-refractivity contribution in [3.05, 3.63) is 22.4 Å². The lowest BCUT2D eigenvalue weighted by atomic mass is 10.3. The summed E-state index contributed by atoms with van der Waals surface area (Å²) >= 11 is 1.07. The molecule has 18 heavy (non-hydrogen) atoms. The van der Waals surface area contributed by atoms with Crippen molar-refractivity contribution in [1.29, 1.82) is 0 Å². The lowest BCUT2D eigenvalue weighted by Gasteiger charge is -2.18. The van der Waals surface area contributed by atoms with Gasteiger partial charge in [0.15, 0.2) is 0 Å². The van der Waals surface area contributed by atoms with Gasteiger partial charge in [0, 0.05) is 5.38 Å². The Labute approximate surface area is 104 Å².